The molecule has 0 aliphatic carbocycles. The fourth-order valence-electron chi connectivity index (χ4n) is 4.07. The molecule has 1 aromatic heterocycles. The molecular formula is C26H22F4N4O8. The highest BCUT2D eigenvalue weighted by atomic mass is 19.3. The smallest absolute Gasteiger partial charge is 0.504 e. The number of hydrogen-bond acceptors (Lipinski definition) is 10. The van der Waals surface area contributed by atoms with Crippen LogP contribution in [0.3, 0.4) is 0 Å². The van der Waals surface area contributed by atoms with Crippen molar-refractivity contribution in [2.75, 3.05) is 4.90 Å². The molecule has 4 heterocycles. The number of benzene rings is 2. The van der Waals surface area contributed by atoms with E-state index in [0.29, 0.717) is 17.5 Å². The van der Waals surface area contributed by atoms with Gasteiger partial charge in [0.25, 0.3) is 5.91 Å². The summed E-state index contributed by atoms with van der Waals surface area (Å²) in [5.41, 5.74) is 0.0812. The fraction of sp³-hybridized carbons (Fsp3) is 0.308. The molecule has 2 N–H and O–H groups in total. The average Bonchev–Trinajstić information content (AvgIpc) is 3.52. The molecule has 3 aliphatic heterocycles. The number of hydrogen-bond donors (Lipinski definition) is 2. The zero-order valence-corrected chi connectivity index (χ0v) is 22.3. The van der Waals surface area contributed by atoms with Crippen molar-refractivity contribution in [1.29, 1.82) is 0 Å². The number of phenolic OH excluding ortho intramolecular Hbond substituents is 1. The standard InChI is InChI=1S/C18H16F2N4O5.C8H6F2O3/c1-4-17(3)14(25)24(16(26)23-17)10-7-21-15(22-8-10)27-11-6-5-9(2)12-13(11)29-18(19,20)28-12;1-4-2-3-5(11)7-6(4)12-8(9,10)13-7/h5-8H,4H2,1-3H3,(H,23,26);2-3,11H,1H3/t17-;/m1./s1. The van der Waals surface area contributed by atoms with Crippen molar-refractivity contribution in [2.45, 2.75) is 52.2 Å². The summed E-state index contributed by atoms with van der Waals surface area (Å²) in [4.78, 5) is 33.5. The molecule has 3 amide bonds. The minimum absolute atomic E-state index is 0.0657. The van der Waals surface area contributed by atoms with Gasteiger partial charge in [0.05, 0.1) is 18.1 Å². The molecule has 12 nitrogen and oxygen atoms in total. The molecule has 42 heavy (non-hydrogen) atoms. The van der Waals surface area contributed by atoms with Crippen LogP contribution >= 0.6 is 0 Å². The van der Waals surface area contributed by atoms with Crippen LogP contribution < -0.4 is 33.9 Å². The average molecular weight is 594 g/mol. The van der Waals surface area contributed by atoms with Crippen molar-refractivity contribution < 1.29 is 55.9 Å². The summed E-state index contributed by atoms with van der Waals surface area (Å²) in [5.74, 6) is -1.65. The van der Waals surface area contributed by atoms with Gasteiger partial charge in [-0.15, -0.1) is 17.6 Å². The second-order valence-corrected chi connectivity index (χ2v) is 9.52. The zero-order chi connectivity index (χ0) is 30.6. The number of aromatic nitrogens is 2. The molecule has 1 saturated heterocycles. The minimum atomic E-state index is -3.80. The maximum absolute atomic E-state index is 13.4. The van der Waals surface area contributed by atoms with Crippen LogP contribution in [0.25, 0.3) is 0 Å². The van der Waals surface area contributed by atoms with Crippen LogP contribution in [0.1, 0.15) is 31.4 Å². The number of imide groups is 1. The van der Waals surface area contributed by atoms with Gasteiger partial charge in [-0.2, -0.15) is 0 Å². The van der Waals surface area contributed by atoms with Crippen molar-refractivity contribution in [3.05, 3.63) is 47.8 Å². The molecule has 0 spiro atoms. The van der Waals surface area contributed by atoms with E-state index in [-0.39, 0.29) is 46.2 Å². The first kappa shape index (κ1) is 28.5. The van der Waals surface area contributed by atoms with Gasteiger partial charge >= 0.3 is 24.6 Å². The third-order valence-electron chi connectivity index (χ3n) is 6.49. The largest absolute Gasteiger partial charge is 0.586 e. The second kappa shape index (κ2) is 9.81. The van der Waals surface area contributed by atoms with Crippen LogP contribution in [-0.4, -0.2) is 45.1 Å². The lowest BCUT2D eigenvalue weighted by Gasteiger charge is -2.19. The molecule has 1 fully saturated rings. The molecule has 0 saturated carbocycles. The van der Waals surface area contributed by atoms with E-state index in [1.165, 1.54) is 36.7 Å². The van der Waals surface area contributed by atoms with E-state index < -0.39 is 30.1 Å². The molecule has 2 aromatic carbocycles. The lowest BCUT2D eigenvalue weighted by Crippen LogP contribution is -2.43. The number of amides is 3. The van der Waals surface area contributed by atoms with E-state index in [0.717, 1.165) is 4.90 Å². The number of anilines is 1. The number of fused-ring (bicyclic) bond motifs is 2. The molecule has 0 radical (unpaired) electrons. The van der Waals surface area contributed by atoms with Crippen molar-refractivity contribution in [1.82, 2.24) is 15.3 Å². The number of urea groups is 1. The Morgan fingerprint density at radius 3 is 1.95 bits per heavy atom. The maximum atomic E-state index is 13.4. The zero-order valence-electron chi connectivity index (χ0n) is 22.3. The topological polar surface area (TPSA) is 142 Å². The van der Waals surface area contributed by atoms with Gasteiger partial charge in [0.15, 0.2) is 23.0 Å². The summed E-state index contributed by atoms with van der Waals surface area (Å²) < 4.78 is 74.6. The van der Waals surface area contributed by atoms with Crippen LogP contribution in [0.5, 0.6) is 40.5 Å². The SMILES string of the molecule is CC[C@@]1(C)NC(=O)N(c2cnc(Oc3ccc(C)c4c3OC(F)(F)O4)nc2)C1=O.Cc1ccc(O)c2c1OC(F)(F)O2. The number of phenols is 1. The van der Waals surface area contributed by atoms with Crippen molar-refractivity contribution in [2.24, 2.45) is 0 Å². The molecule has 16 heteroatoms. The van der Waals surface area contributed by atoms with Gasteiger partial charge < -0.3 is 34.1 Å². The summed E-state index contributed by atoms with van der Waals surface area (Å²) in [7, 11) is 0. The quantitative estimate of drug-likeness (QED) is 0.308. The van der Waals surface area contributed by atoms with Crippen LogP contribution in [0.15, 0.2) is 36.7 Å². The first-order chi connectivity index (χ1) is 19.6. The van der Waals surface area contributed by atoms with Gasteiger partial charge in [0, 0.05) is 0 Å². The number of halogens is 4. The van der Waals surface area contributed by atoms with E-state index in [1.807, 2.05) is 0 Å². The predicted molar refractivity (Wildman–Crippen MR) is 133 cm³/mol. The van der Waals surface area contributed by atoms with Crippen molar-refractivity contribution in [3.63, 3.8) is 0 Å². The Morgan fingerprint density at radius 1 is 0.881 bits per heavy atom. The number of carbonyl (C=O) groups excluding carboxylic acids is 2. The Bertz CT molecular complexity index is 1550. The highest BCUT2D eigenvalue weighted by Gasteiger charge is 2.48. The van der Waals surface area contributed by atoms with Crippen LogP contribution in [0, 0.1) is 13.8 Å². The Hall–Kier alpha value is -5.02. The van der Waals surface area contributed by atoms with Gasteiger partial charge in [-0.1, -0.05) is 19.1 Å². The third-order valence-corrected chi connectivity index (χ3v) is 6.49. The number of ether oxygens (including phenoxy) is 5. The van der Waals surface area contributed by atoms with E-state index in [2.05, 4.69) is 34.2 Å². The number of alkyl halides is 4. The van der Waals surface area contributed by atoms with Crippen molar-refractivity contribution in [3.8, 4) is 40.5 Å². The molecule has 3 aliphatic rings. The van der Waals surface area contributed by atoms with Gasteiger partial charge in [0.1, 0.15) is 5.54 Å². The predicted octanol–water partition coefficient (Wildman–Crippen LogP) is 5.15. The Balaban J connectivity index is 0.000000226. The summed E-state index contributed by atoms with van der Waals surface area (Å²) in [6.07, 6.45) is -4.61. The monoisotopic (exact) mass is 594 g/mol. The molecule has 222 valence electrons. The van der Waals surface area contributed by atoms with Gasteiger partial charge in [0.2, 0.25) is 11.5 Å². The number of carbonyl (C=O) groups is 2. The number of aryl methyl sites for hydroxylation is 2. The molecule has 6 rings (SSSR count). The van der Waals surface area contributed by atoms with Crippen LogP contribution in [0.2, 0.25) is 0 Å². The Kier molecular flexibility index (Phi) is 6.66. The van der Waals surface area contributed by atoms with Crippen LogP contribution in [-0.2, 0) is 4.79 Å². The Morgan fingerprint density at radius 2 is 1.40 bits per heavy atom. The minimum Gasteiger partial charge on any atom is -0.504 e. The van der Waals surface area contributed by atoms with Crippen molar-refractivity contribution >= 4 is 17.6 Å². The number of nitrogens with zero attached hydrogens (tertiary/aromatic N) is 3. The molecule has 1 atom stereocenters. The second-order valence-electron chi connectivity index (χ2n) is 9.52. The molecule has 3 aromatic rings. The first-order valence-corrected chi connectivity index (χ1v) is 12.3. The van der Waals surface area contributed by atoms with Crippen LogP contribution in [0.4, 0.5) is 28.0 Å². The van der Waals surface area contributed by atoms with Gasteiger partial charge in [-0.25, -0.2) is 19.7 Å². The normalized spacial score (nSPS) is 20.6. The molecule has 0 unspecified atom stereocenters. The maximum Gasteiger partial charge on any atom is 0.586 e. The highest BCUT2D eigenvalue weighted by Crippen LogP contribution is 2.50. The Labute approximate surface area is 234 Å². The molecule has 0 bridgehead atoms. The summed E-state index contributed by atoms with van der Waals surface area (Å²) >= 11 is 0. The lowest BCUT2D eigenvalue weighted by molar-refractivity contribution is -0.288. The first-order valence-electron chi connectivity index (χ1n) is 12.3. The molecular weight excluding hydrogens is 572 g/mol. The van der Waals surface area contributed by atoms with Gasteiger partial charge in [-0.05, 0) is 50.5 Å². The van der Waals surface area contributed by atoms with E-state index in [9.17, 15) is 27.2 Å². The third kappa shape index (κ3) is 5.10. The van der Waals surface area contributed by atoms with Gasteiger partial charge in [-0.3, -0.25) is 4.79 Å². The summed E-state index contributed by atoms with van der Waals surface area (Å²) in [6, 6.07) is 4.91. The van der Waals surface area contributed by atoms with E-state index in [1.54, 1.807) is 27.7 Å². The summed E-state index contributed by atoms with van der Waals surface area (Å²) in [5, 5.41) is 11.8. The number of nitrogens with one attached hydrogen (secondary N) is 1. The number of rotatable bonds is 4. The number of aromatic hydroxyl groups is 1. The highest BCUT2D eigenvalue weighted by molar-refractivity contribution is 6.23. The van der Waals surface area contributed by atoms with E-state index >= 15 is 0 Å². The van der Waals surface area contributed by atoms with E-state index in [4.69, 9.17) is 9.84 Å². The fourth-order valence-corrected chi connectivity index (χ4v) is 4.07. The summed E-state index contributed by atoms with van der Waals surface area (Å²) in [6.45, 7) is 6.58. The lowest BCUT2D eigenvalue weighted by atomic mass is 9.99.